The van der Waals surface area contributed by atoms with E-state index in [-0.39, 0.29) is 0 Å². The highest BCUT2D eigenvalue weighted by molar-refractivity contribution is 9.10. The fraction of sp³-hybridized carbons (Fsp3) is 0.353. The van der Waals surface area contributed by atoms with E-state index in [0.717, 1.165) is 38.2 Å². The Labute approximate surface area is 134 Å². The Bertz CT molecular complexity index is 635. The highest BCUT2D eigenvalue weighted by Gasteiger charge is 2.15. The first-order chi connectivity index (χ1) is 9.92. The number of methoxy groups -OCH3 is 1. The van der Waals surface area contributed by atoms with Crippen molar-refractivity contribution in [1.29, 1.82) is 0 Å². The zero-order valence-corrected chi connectivity index (χ0v) is 14.4. The molecule has 1 aromatic heterocycles. The summed E-state index contributed by atoms with van der Waals surface area (Å²) >= 11 is 3.47. The molecular formula is C17H20BrNO2. The molecule has 1 aromatic carbocycles. The summed E-state index contributed by atoms with van der Waals surface area (Å²) in [7, 11) is 1.66. The highest BCUT2D eigenvalue weighted by atomic mass is 79.9. The summed E-state index contributed by atoms with van der Waals surface area (Å²) in [6, 6.07) is 5.96. The Kier molecular flexibility index (Phi) is 5.01. The summed E-state index contributed by atoms with van der Waals surface area (Å²) in [4.78, 5) is 4.45. The Morgan fingerprint density at radius 2 is 1.95 bits per heavy atom. The van der Waals surface area contributed by atoms with E-state index in [2.05, 4.69) is 20.9 Å². The zero-order valence-electron chi connectivity index (χ0n) is 12.8. The van der Waals surface area contributed by atoms with Gasteiger partial charge in [-0.25, -0.2) is 0 Å². The van der Waals surface area contributed by atoms with Crippen molar-refractivity contribution in [3.63, 3.8) is 0 Å². The van der Waals surface area contributed by atoms with Gasteiger partial charge in [0.25, 0.3) is 0 Å². The molecule has 0 amide bonds. The zero-order chi connectivity index (χ0) is 15.6. The van der Waals surface area contributed by atoms with Gasteiger partial charge in [0, 0.05) is 33.9 Å². The highest BCUT2D eigenvalue weighted by Crippen LogP contribution is 2.28. The first-order valence-corrected chi connectivity index (χ1v) is 7.66. The van der Waals surface area contributed by atoms with Crippen LogP contribution in [0.25, 0.3) is 0 Å². The van der Waals surface area contributed by atoms with Crippen molar-refractivity contribution in [2.75, 3.05) is 7.11 Å². The average Bonchev–Trinajstić information content (AvgIpc) is 2.41. The third-order valence-electron chi connectivity index (χ3n) is 3.59. The second-order valence-corrected chi connectivity index (χ2v) is 6.24. The fourth-order valence-electron chi connectivity index (χ4n) is 2.53. The lowest BCUT2D eigenvalue weighted by atomic mass is 10.00. The monoisotopic (exact) mass is 349 g/mol. The van der Waals surface area contributed by atoms with Crippen LogP contribution in [0.4, 0.5) is 0 Å². The molecule has 1 N–H and O–H groups in total. The third kappa shape index (κ3) is 3.63. The molecular weight excluding hydrogens is 330 g/mol. The lowest BCUT2D eigenvalue weighted by molar-refractivity contribution is 0.176. The number of halogens is 1. The van der Waals surface area contributed by atoms with Crippen LogP contribution >= 0.6 is 15.9 Å². The van der Waals surface area contributed by atoms with Crippen LogP contribution in [0.15, 0.2) is 28.9 Å². The number of rotatable bonds is 4. The van der Waals surface area contributed by atoms with Gasteiger partial charge in [-0.15, -0.1) is 0 Å². The topological polar surface area (TPSA) is 42.4 Å². The maximum absolute atomic E-state index is 10.5. The second-order valence-electron chi connectivity index (χ2n) is 5.33. The van der Waals surface area contributed by atoms with Gasteiger partial charge in [0.15, 0.2) is 0 Å². The van der Waals surface area contributed by atoms with Crippen LogP contribution in [0, 0.1) is 20.8 Å². The van der Waals surface area contributed by atoms with Crippen LogP contribution in [0.3, 0.4) is 0 Å². The predicted octanol–water partition coefficient (Wildman–Crippen LogP) is 4.05. The Hall–Kier alpha value is -1.39. The molecule has 0 spiro atoms. The average molecular weight is 350 g/mol. The summed E-state index contributed by atoms with van der Waals surface area (Å²) in [5, 5.41) is 10.5. The maximum atomic E-state index is 10.5. The first-order valence-electron chi connectivity index (χ1n) is 6.86. The smallest absolute Gasteiger partial charge is 0.128 e. The third-order valence-corrected chi connectivity index (χ3v) is 4.04. The van der Waals surface area contributed by atoms with E-state index >= 15 is 0 Å². The van der Waals surface area contributed by atoms with Crippen LogP contribution in [0.5, 0.6) is 5.75 Å². The van der Waals surface area contributed by atoms with E-state index in [1.807, 2.05) is 39.0 Å². The van der Waals surface area contributed by atoms with Crippen LogP contribution in [-0.2, 0) is 6.42 Å². The molecule has 0 aliphatic rings. The van der Waals surface area contributed by atoms with Gasteiger partial charge in [-0.1, -0.05) is 22.0 Å². The molecule has 21 heavy (non-hydrogen) atoms. The number of benzene rings is 1. The first kappa shape index (κ1) is 16.0. The molecule has 4 heteroatoms. The van der Waals surface area contributed by atoms with E-state index < -0.39 is 6.10 Å². The van der Waals surface area contributed by atoms with Crippen molar-refractivity contribution in [1.82, 2.24) is 4.98 Å². The molecule has 0 saturated carbocycles. The van der Waals surface area contributed by atoms with Gasteiger partial charge in [0.2, 0.25) is 0 Å². The summed E-state index contributed by atoms with van der Waals surface area (Å²) in [6.07, 6.45) is 1.68. The molecule has 2 aromatic rings. The van der Waals surface area contributed by atoms with Gasteiger partial charge in [0.1, 0.15) is 5.75 Å². The molecule has 3 nitrogen and oxygen atoms in total. The van der Waals surface area contributed by atoms with Gasteiger partial charge >= 0.3 is 0 Å². The Balaban J connectivity index is 2.29. The minimum Gasteiger partial charge on any atom is -0.496 e. The maximum Gasteiger partial charge on any atom is 0.128 e. The lowest BCUT2D eigenvalue weighted by Crippen LogP contribution is -2.07. The number of aryl methyl sites for hydroxylation is 2. The van der Waals surface area contributed by atoms with Crippen molar-refractivity contribution in [2.24, 2.45) is 0 Å². The Morgan fingerprint density at radius 1 is 1.24 bits per heavy atom. The second kappa shape index (κ2) is 6.58. The van der Waals surface area contributed by atoms with Crippen LogP contribution < -0.4 is 4.74 Å². The van der Waals surface area contributed by atoms with Gasteiger partial charge in [-0.05, 0) is 44.0 Å². The van der Waals surface area contributed by atoms with Gasteiger partial charge in [-0.3, -0.25) is 4.98 Å². The summed E-state index contributed by atoms with van der Waals surface area (Å²) in [5.41, 5.74) is 4.87. The van der Waals surface area contributed by atoms with E-state index in [1.165, 1.54) is 0 Å². The van der Waals surface area contributed by atoms with Crippen molar-refractivity contribution >= 4 is 15.9 Å². The minimum absolute atomic E-state index is 0.471. The Morgan fingerprint density at radius 3 is 2.57 bits per heavy atom. The van der Waals surface area contributed by atoms with Crippen LogP contribution in [-0.4, -0.2) is 17.2 Å². The molecule has 0 bridgehead atoms. The normalized spacial score (nSPS) is 12.3. The SMILES string of the molecule is COc1c(C)cnc(CC(O)c2cc(C)cc(Br)c2)c1C. The predicted molar refractivity (Wildman–Crippen MR) is 87.8 cm³/mol. The minimum atomic E-state index is -0.584. The molecule has 1 atom stereocenters. The molecule has 1 heterocycles. The number of ether oxygens (including phenoxy) is 1. The van der Waals surface area contributed by atoms with Crippen LogP contribution in [0.2, 0.25) is 0 Å². The number of aromatic nitrogens is 1. The molecule has 0 aliphatic heterocycles. The van der Waals surface area contributed by atoms with Crippen molar-refractivity contribution < 1.29 is 9.84 Å². The number of aliphatic hydroxyl groups excluding tert-OH is 1. The number of hydrogen-bond donors (Lipinski definition) is 1. The molecule has 0 radical (unpaired) electrons. The summed E-state index contributed by atoms with van der Waals surface area (Å²) < 4.78 is 6.39. The molecule has 0 saturated heterocycles. The summed E-state index contributed by atoms with van der Waals surface area (Å²) in [6.45, 7) is 5.96. The number of aliphatic hydroxyl groups is 1. The van der Waals surface area contributed by atoms with Crippen molar-refractivity contribution in [3.8, 4) is 5.75 Å². The number of pyridine rings is 1. The largest absolute Gasteiger partial charge is 0.496 e. The van der Waals surface area contributed by atoms with Crippen molar-refractivity contribution in [2.45, 2.75) is 33.3 Å². The van der Waals surface area contributed by atoms with Gasteiger partial charge < -0.3 is 9.84 Å². The molecule has 112 valence electrons. The van der Waals surface area contributed by atoms with E-state index in [9.17, 15) is 5.11 Å². The summed E-state index contributed by atoms with van der Waals surface area (Å²) in [5.74, 6) is 0.845. The van der Waals surface area contributed by atoms with Gasteiger partial charge in [-0.2, -0.15) is 0 Å². The lowest BCUT2D eigenvalue weighted by Gasteiger charge is -2.16. The van der Waals surface area contributed by atoms with Crippen LogP contribution in [0.1, 0.15) is 34.1 Å². The molecule has 1 unspecified atom stereocenters. The van der Waals surface area contributed by atoms with E-state index in [4.69, 9.17) is 4.74 Å². The van der Waals surface area contributed by atoms with E-state index in [0.29, 0.717) is 6.42 Å². The van der Waals surface area contributed by atoms with E-state index in [1.54, 1.807) is 13.3 Å². The number of nitrogens with zero attached hydrogens (tertiary/aromatic N) is 1. The van der Waals surface area contributed by atoms with Crippen molar-refractivity contribution in [3.05, 3.63) is 56.8 Å². The fourth-order valence-corrected chi connectivity index (χ4v) is 3.16. The number of hydrogen-bond acceptors (Lipinski definition) is 3. The molecule has 2 rings (SSSR count). The standard InChI is InChI=1S/C17H20BrNO2/c1-10-5-13(7-14(18)6-10)16(20)8-15-12(3)17(21-4)11(2)9-19-15/h5-7,9,16,20H,8H2,1-4H3. The molecule has 0 aliphatic carbocycles. The quantitative estimate of drug-likeness (QED) is 0.905. The molecule has 0 fully saturated rings. The van der Waals surface area contributed by atoms with Gasteiger partial charge in [0.05, 0.1) is 13.2 Å².